The van der Waals surface area contributed by atoms with Gasteiger partial charge < -0.3 is 0 Å². The lowest BCUT2D eigenvalue weighted by Gasteiger charge is -2.06. The van der Waals surface area contributed by atoms with Crippen LogP contribution in [-0.4, -0.2) is 18.7 Å². The van der Waals surface area contributed by atoms with E-state index in [4.69, 9.17) is 4.55 Å². The normalized spacial score (nSPS) is 11.8. The molecule has 0 saturated heterocycles. The predicted molar refractivity (Wildman–Crippen MR) is 73.3 cm³/mol. The van der Waals surface area contributed by atoms with Crippen LogP contribution in [0, 0.1) is 0 Å². The second-order valence-electron chi connectivity index (χ2n) is 4.38. The van der Waals surface area contributed by atoms with Crippen LogP contribution in [0.4, 0.5) is 0 Å². The van der Waals surface area contributed by atoms with Gasteiger partial charge >= 0.3 is 0 Å². The zero-order chi connectivity index (χ0) is 13.0. The number of unbranched alkanes of at least 4 members (excludes halogenated alkanes) is 1. The molecule has 4 heteroatoms. The van der Waals surface area contributed by atoms with Crippen LogP contribution in [0.5, 0.6) is 0 Å². The third-order valence-corrected chi connectivity index (χ3v) is 3.78. The molecule has 0 atom stereocenters. The van der Waals surface area contributed by atoms with E-state index in [9.17, 15) is 8.42 Å². The molecule has 0 spiro atoms. The second-order valence-corrected chi connectivity index (χ2v) is 5.95. The van der Waals surface area contributed by atoms with Gasteiger partial charge in [0.15, 0.2) is 0 Å². The van der Waals surface area contributed by atoms with E-state index in [1.807, 2.05) is 18.2 Å². The molecular formula is C14H16O3S. The molecule has 0 aromatic heterocycles. The van der Waals surface area contributed by atoms with Gasteiger partial charge in [0, 0.05) is 0 Å². The number of rotatable bonds is 5. The van der Waals surface area contributed by atoms with Crippen molar-refractivity contribution in [2.45, 2.75) is 19.3 Å². The summed E-state index contributed by atoms with van der Waals surface area (Å²) in [4.78, 5) is 0. The average Bonchev–Trinajstić information content (AvgIpc) is 2.33. The molecule has 0 heterocycles. The summed E-state index contributed by atoms with van der Waals surface area (Å²) in [7, 11) is -3.82. The van der Waals surface area contributed by atoms with Crippen molar-refractivity contribution in [3.63, 3.8) is 0 Å². The topological polar surface area (TPSA) is 54.4 Å². The van der Waals surface area contributed by atoms with Crippen molar-refractivity contribution in [1.29, 1.82) is 0 Å². The molecule has 0 unspecified atom stereocenters. The molecule has 3 nitrogen and oxygen atoms in total. The van der Waals surface area contributed by atoms with Crippen LogP contribution in [0.1, 0.15) is 18.4 Å². The third kappa shape index (κ3) is 3.55. The maximum Gasteiger partial charge on any atom is 0.264 e. The van der Waals surface area contributed by atoms with E-state index in [1.54, 1.807) is 0 Å². The van der Waals surface area contributed by atoms with Crippen molar-refractivity contribution in [2.75, 3.05) is 5.75 Å². The minimum absolute atomic E-state index is 0.155. The van der Waals surface area contributed by atoms with Crippen LogP contribution in [0.2, 0.25) is 0 Å². The van der Waals surface area contributed by atoms with Crippen molar-refractivity contribution in [2.24, 2.45) is 0 Å². The zero-order valence-electron chi connectivity index (χ0n) is 10.0. The molecule has 96 valence electrons. The summed E-state index contributed by atoms with van der Waals surface area (Å²) < 4.78 is 29.9. The highest BCUT2D eigenvalue weighted by Gasteiger charge is 2.05. The summed E-state index contributed by atoms with van der Waals surface area (Å²) >= 11 is 0. The van der Waals surface area contributed by atoms with Crippen molar-refractivity contribution in [3.8, 4) is 0 Å². The summed E-state index contributed by atoms with van der Waals surface area (Å²) in [5, 5.41) is 2.41. The highest BCUT2D eigenvalue weighted by molar-refractivity contribution is 7.85. The molecule has 2 aromatic rings. The Balaban J connectivity index is 2.04. The number of benzene rings is 2. The van der Waals surface area contributed by atoms with Gasteiger partial charge in [0.2, 0.25) is 0 Å². The molecule has 0 aliphatic rings. The second kappa shape index (κ2) is 5.50. The maximum absolute atomic E-state index is 10.6. The Bertz CT molecular complexity index is 627. The van der Waals surface area contributed by atoms with Crippen LogP contribution in [0.15, 0.2) is 42.5 Å². The average molecular weight is 264 g/mol. The van der Waals surface area contributed by atoms with Crippen LogP contribution in [-0.2, 0) is 16.5 Å². The molecular weight excluding hydrogens is 248 g/mol. The minimum Gasteiger partial charge on any atom is -0.286 e. The monoisotopic (exact) mass is 264 g/mol. The van der Waals surface area contributed by atoms with Gasteiger partial charge in [-0.1, -0.05) is 42.5 Å². The molecule has 0 saturated carbocycles. The quantitative estimate of drug-likeness (QED) is 0.667. The number of aryl methyl sites for hydroxylation is 1. The summed E-state index contributed by atoms with van der Waals surface area (Å²) in [6.07, 6.45) is 2.08. The first kappa shape index (κ1) is 13.1. The van der Waals surface area contributed by atoms with E-state index in [0.29, 0.717) is 6.42 Å². The summed E-state index contributed by atoms with van der Waals surface area (Å²) in [5.74, 6) is -0.155. The molecule has 0 fully saturated rings. The van der Waals surface area contributed by atoms with Crippen molar-refractivity contribution in [1.82, 2.24) is 0 Å². The van der Waals surface area contributed by atoms with Crippen LogP contribution >= 0.6 is 0 Å². The Labute approximate surface area is 107 Å². The lowest BCUT2D eigenvalue weighted by molar-refractivity contribution is 0.480. The number of fused-ring (bicyclic) bond motifs is 1. The molecule has 2 aromatic carbocycles. The Kier molecular flexibility index (Phi) is 3.99. The molecule has 0 bridgehead atoms. The predicted octanol–water partition coefficient (Wildman–Crippen LogP) is 3.05. The Morgan fingerprint density at radius 1 is 0.944 bits per heavy atom. The van der Waals surface area contributed by atoms with Crippen molar-refractivity contribution < 1.29 is 13.0 Å². The van der Waals surface area contributed by atoms with E-state index in [1.165, 1.54) is 16.3 Å². The minimum atomic E-state index is -3.82. The smallest absolute Gasteiger partial charge is 0.264 e. The van der Waals surface area contributed by atoms with Gasteiger partial charge in [0.25, 0.3) is 10.1 Å². The Hall–Kier alpha value is -1.39. The fraction of sp³-hybridized carbons (Fsp3) is 0.286. The maximum atomic E-state index is 10.6. The first-order chi connectivity index (χ1) is 8.56. The largest absolute Gasteiger partial charge is 0.286 e. The van der Waals surface area contributed by atoms with Crippen LogP contribution in [0.25, 0.3) is 10.8 Å². The molecule has 0 radical (unpaired) electrons. The van der Waals surface area contributed by atoms with E-state index in [-0.39, 0.29) is 5.75 Å². The number of hydrogen-bond donors (Lipinski definition) is 1. The van der Waals surface area contributed by atoms with Crippen molar-refractivity contribution >= 4 is 20.9 Å². The van der Waals surface area contributed by atoms with Crippen LogP contribution in [0.3, 0.4) is 0 Å². The Morgan fingerprint density at radius 3 is 2.44 bits per heavy atom. The molecule has 2 rings (SSSR count). The van der Waals surface area contributed by atoms with Gasteiger partial charge in [-0.2, -0.15) is 8.42 Å². The Morgan fingerprint density at radius 2 is 1.67 bits per heavy atom. The lowest BCUT2D eigenvalue weighted by Crippen LogP contribution is -2.03. The molecule has 0 aliphatic heterocycles. The fourth-order valence-electron chi connectivity index (χ4n) is 2.11. The molecule has 18 heavy (non-hydrogen) atoms. The first-order valence-corrected chi connectivity index (χ1v) is 7.59. The van der Waals surface area contributed by atoms with Gasteiger partial charge in [-0.25, -0.2) is 0 Å². The fourth-order valence-corrected chi connectivity index (χ4v) is 2.68. The zero-order valence-corrected chi connectivity index (χ0v) is 10.9. The van der Waals surface area contributed by atoms with Gasteiger partial charge in [-0.05, 0) is 35.6 Å². The van der Waals surface area contributed by atoms with E-state index >= 15 is 0 Å². The molecule has 0 amide bonds. The highest BCUT2D eigenvalue weighted by Crippen LogP contribution is 2.20. The van der Waals surface area contributed by atoms with Crippen molar-refractivity contribution in [3.05, 3.63) is 48.0 Å². The summed E-state index contributed by atoms with van der Waals surface area (Å²) in [5.41, 5.74) is 1.23. The van der Waals surface area contributed by atoms with Gasteiger partial charge in [0.05, 0.1) is 5.75 Å². The van der Waals surface area contributed by atoms with Crippen LogP contribution < -0.4 is 0 Å². The number of hydrogen-bond acceptors (Lipinski definition) is 2. The summed E-state index contributed by atoms with van der Waals surface area (Å²) in [6.45, 7) is 0. The molecule has 0 aliphatic carbocycles. The lowest BCUT2D eigenvalue weighted by atomic mass is 10.0. The van der Waals surface area contributed by atoms with E-state index < -0.39 is 10.1 Å². The van der Waals surface area contributed by atoms with E-state index in [2.05, 4.69) is 24.3 Å². The van der Waals surface area contributed by atoms with Gasteiger partial charge in [-0.3, -0.25) is 4.55 Å². The summed E-state index contributed by atoms with van der Waals surface area (Å²) in [6, 6.07) is 14.3. The van der Waals surface area contributed by atoms with E-state index in [0.717, 1.165) is 12.8 Å². The first-order valence-electron chi connectivity index (χ1n) is 5.98. The van der Waals surface area contributed by atoms with Gasteiger partial charge in [0.1, 0.15) is 0 Å². The SMILES string of the molecule is O=S(=O)(O)CCCCc1cccc2ccccc12. The third-order valence-electron chi connectivity index (χ3n) is 2.98. The van der Waals surface area contributed by atoms with Gasteiger partial charge in [-0.15, -0.1) is 0 Å². The highest BCUT2D eigenvalue weighted by atomic mass is 32.2. The standard InChI is InChI=1S/C14H16O3S/c15-18(16,17)11-4-3-7-13-9-5-8-12-6-1-2-10-14(12)13/h1-2,5-6,8-10H,3-4,7,11H2,(H,15,16,17). The molecule has 1 N–H and O–H groups in total.